The summed E-state index contributed by atoms with van der Waals surface area (Å²) >= 11 is 0. The van der Waals surface area contributed by atoms with Crippen molar-refractivity contribution < 1.29 is 19.3 Å². The molecule has 0 radical (unpaired) electrons. The van der Waals surface area contributed by atoms with Crippen LogP contribution >= 0.6 is 0 Å². The quantitative estimate of drug-likeness (QED) is 0.896. The number of aromatic hydroxyl groups is 1. The van der Waals surface area contributed by atoms with E-state index in [0.717, 1.165) is 47.8 Å². The van der Waals surface area contributed by atoms with Crippen molar-refractivity contribution in [3.8, 4) is 11.5 Å². The zero-order valence-corrected chi connectivity index (χ0v) is 13.9. The highest BCUT2D eigenvalue weighted by atomic mass is 16.7. The summed E-state index contributed by atoms with van der Waals surface area (Å²) in [7, 11) is 1.66. The zero-order valence-electron chi connectivity index (χ0n) is 13.9. The van der Waals surface area contributed by atoms with Crippen molar-refractivity contribution in [2.24, 2.45) is 0 Å². The number of methoxy groups -OCH3 is 1. The van der Waals surface area contributed by atoms with Gasteiger partial charge in [-0.05, 0) is 41.8 Å². The van der Waals surface area contributed by atoms with Gasteiger partial charge in [-0.15, -0.1) is 0 Å². The summed E-state index contributed by atoms with van der Waals surface area (Å²) in [6.45, 7) is 1.39. The van der Waals surface area contributed by atoms with Crippen molar-refractivity contribution in [1.29, 1.82) is 0 Å². The van der Waals surface area contributed by atoms with Crippen molar-refractivity contribution in [1.82, 2.24) is 0 Å². The summed E-state index contributed by atoms with van der Waals surface area (Å²) in [5.41, 5.74) is 2.19. The molecule has 1 saturated heterocycles. The molecular formula is C20H22O4. The molecule has 4 nitrogen and oxygen atoms in total. The Bertz CT molecular complexity index is 776. The van der Waals surface area contributed by atoms with Crippen LogP contribution in [0.5, 0.6) is 11.5 Å². The molecule has 0 amide bonds. The largest absolute Gasteiger partial charge is 0.507 e. The molecule has 2 aliphatic rings. The van der Waals surface area contributed by atoms with E-state index in [9.17, 15) is 5.11 Å². The second-order valence-corrected chi connectivity index (χ2v) is 6.50. The van der Waals surface area contributed by atoms with Crippen LogP contribution in [0.15, 0.2) is 35.9 Å². The third-order valence-corrected chi connectivity index (χ3v) is 5.06. The number of hydrogen-bond donors (Lipinski definition) is 1. The number of fused-ring (bicyclic) bond motifs is 1. The van der Waals surface area contributed by atoms with Gasteiger partial charge in [-0.2, -0.15) is 0 Å². The van der Waals surface area contributed by atoms with Gasteiger partial charge in [0.1, 0.15) is 11.5 Å². The smallest absolute Gasteiger partial charge is 0.169 e. The molecule has 2 aromatic rings. The fourth-order valence-corrected chi connectivity index (χ4v) is 3.68. The Morgan fingerprint density at radius 3 is 2.50 bits per heavy atom. The lowest BCUT2D eigenvalue weighted by atomic mass is 9.88. The van der Waals surface area contributed by atoms with Crippen LogP contribution in [0.4, 0.5) is 0 Å². The van der Waals surface area contributed by atoms with Crippen LogP contribution in [0.25, 0.3) is 16.8 Å². The van der Waals surface area contributed by atoms with Crippen molar-refractivity contribution in [3.63, 3.8) is 0 Å². The molecule has 0 aromatic heterocycles. The van der Waals surface area contributed by atoms with Crippen molar-refractivity contribution in [3.05, 3.63) is 41.5 Å². The van der Waals surface area contributed by atoms with Crippen molar-refractivity contribution in [2.75, 3.05) is 20.3 Å². The van der Waals surface area contributed by atoms with Gasteiger partial charge >= 0.3 is 0 Å². The summed E-state index contributed by atoms with van der Waals surface area (Å²) in [5, 5.41) is 12.5. The number of benzene rings is 2. The van der Waals surface area contributed by atoms with Gasteiger partial charge < -0.3 is 19.3 Å². The van der Waals surface area contributed by atoms with Gasteiger partial charge in [-0.25, -0.2) is 0 Å². The predicted octanol–water partition coefficient (Wildman–Crippen LogP) is 4.25. The average molecular weight is 326 g/mol. The molecule has 2 aromatic carbocycles. The average Bonchev–Trinajstić information content (AvgIpc) is 3.07. The minimum absolute atomic E-state index is 0.303. The number of allylic oxidation sites excluding steroid dienone is 1. The number of phenolic OH excluding ortho intramolecular Hbond substituents is 1. The number of rotatable bonds is 2. The molecule has 0 bridgehead atoms. The topological polar surface area (TPSA) is 47.9 Å². The van der Waals surface area contributed by atoms with Crippen LogP contribution in [0.1, 0.15) is 31.2 Å². The third kappa shape index (κ3) is 2.76. The monoisotopic (exact) mass is 326 g/mol. The van der Waals surface area contributed by atoms with Crippen LogP contribution in [0.3, 0.4) is 0 Å². The highest BCUT2D eigenvalue weighted by molar-refractivity contribution is 5.94. The lowest BCUT2D eigenvalue weighted by Gasteiger charge is -2.32. The lowest BCUT2D eigenvalue weighted by molar-refractivity contribution is -0.171. The maximum absolute atomic E-state index is 10.4. The van der Waals surface area contributed by atoms with Crippen LogP contribution in [-0.2, 0) is 9.47 Å². The second-order valence-electron chi connectivity index (χ2n) is 6.50. The summed E-state index contributed by atoms with van der Waals surface area (Å²) in [6, 6.07) is 9.63. The molecule has 4 rings (SSSR count). The van der Waals surface area contributed by atoms with Gasteiger partial charge in [-0.3, -0.25) is 0 Å². The zero-order chi connectivity index (χ0) is 16.6. The maximum atomic E-state index is 10.4. The second kappa shape index (κ2) is 6.11. The molecule has 1 aliphatic carbocycles. The summed E-state index contributed by atoms with van der Waals surface area (Å²) in [6.07, 6.45) is 5.75. The van der Waals surface area contributed by atoms with E-state index in [1.807, 2.05) is 24.3 Å². The fourth-order valence-electron chi connectivity index (χ4n) is 3.68. The van der Waals surface area contributed by atoms with Crippen LogP contribution in [-0.4, -0.2) is 31.2 Å². The molecular weight excluding hydrogens is 304 g/mol. The Balaban J connectivity index is 1.67. The fraction of sp³-hybridized carbons (Fsp3) is 0.400. The molecule has 4 heteroatoms. The highest BCUT2D eigenvalue weighted by Crippen LogP contribution is 2.40. The van der Waals surface area contributed by atoms with Gasteiger partial charge in [-0.1, -0.05) is 23.8 Å². The Labute approximate surface area is 141 Å². The number of hydrogen-bond acceptors (Lipinski definition) is 4. The minimum Gasteiger partial charge on any atom is -0.507 e. The molecule has 1 aliphatic heterocycles. The maximum Gasteiger partial charge on any atom is 0.169 e. The van der Waals surface area contributed by atoms with E-state index in [1.54, 1.807) is 13.2 Å². The van der Waals surface area contributed by atoms with E-state index in [1.165, 1.54) is 5.57 Å². The molecule has 0 atom stereocenters. The SMILES string of the molecule is COc1ccc2ccc(O)c(C=C3CCC4(CC3)OCCO4)c2c1. The van der Waals surface area contributed by atoms with Gasteiger partial charge in [0.15, 0.2) is 5.79 Å². The molecule has 126 valence electrons. The van der Waals surface area contributed by atoms with E-state index < -0.39 is 0 Å². The van der Waals surface area contributed by atoms with Crippen LogP contribution in [0, 0.1) is 0 Å². The summed E-state index contributed by atoms with van der Waals surface area (Å²) in [5.74, 6) is 0.737. The molecule has 1 heterocycles. The Kier molecular flexibility index (Phi) is 3.94. The first kappa shape index (κ1) is 15.5. The molecule has 2 fully saturated rings. The lowest BCUT2D eigenvalue weighted by Crippen LogP contribution is -2.33. The van der Waals surface area contributed by atoms with Crippen LogP contribution in [0.2, 0.25) is 0 Å². The van der Waals surface area contributed by atoms with Gasteiger partial charge in [0.2, 0.25) is 0 Å². The first-order valence-corrected chi connectivity index (χ1v) is 8.46. The van der Waals surface area contributed by atoms with Gasteiger partial charge in [0.25, 0.3) is 0 Å². The predicted molar refractivity (Wildman–Crippen MR) is 93.2 cm³/mol. The number of ether oxygens (including phenoxy) is 3. The van der Waals surface area contributed by atoms with E-state index in [2.05, 4.69) is 6.08 Å². The first-order valence-electron chi connectivity index (χ1n) is 8.46. The molecule has 1 saturated carbocycles. The third-order valence-electron chi connectivity index (χ3n) is 5.06. The van der Waals surface area contributed by atoms with E-state index in [0.29, 0.717) is 19.0 Å². The minimum atomic E-state index is -0.360. The first-order chi connectivity index (χ1) is 11.7. The summed E-state index contributed by atoms with van der Waals surface area (Å²) < 4.78 is 16.9. The highest BCUT2D eigenvalue weighted by Gasteiger charge is 2.38. The molecule has 0 unspecified atom stereocenters. The van der Waals surface area contributed by atoms with Crippen molar-refractivity contribution in [2.45, 2.75) is 31.5 Å². The normalized spacial score (nSPS) is 19.8. The number of phenols is 1. The Hall–Kier alpha value is -2.04. The standard InChI is InChI=1S/C20H22O4/c1-22-16-4-2-15-3-5-19(21)18(17(15)13-16)12-14-6-8-20(9-7-14)23-10-11-24-20/h2-5,12-13,21H,6-11H2,1H3. The van der Waals surface area contributed by atoms with Crippen LogP contribution < -0.4 is 4.74 Å². The molecule has 1 N–H and O–H groups in total. The van der Waals surface area contributed by atoms with E-state index in [-0.39, 0.29) is 5.79 Å². The molecule has 1 spiro atoms. The van der Waals surface area contributed by atoms with Gasteiger partial charge in [0.05, 0.1) is 20.3 Å². The van der Waals surface area contributed by atoms with Gasteiger partial charge in [0, 0.05) is 18.4 Å². The summed E-state index contributed by atoms with van der Waals surface area (Å²) in [4.78, 5) is 0. The van der Waals surface area contributed by atoms with E-state index >= 15 is 0 Å². The molecule has 24 heavy (non-hydrogen) atoms. The van der Waals surface area contributed by atoms with E-state index in [4.69, 9.17) is 14.2 Å². The Morgan fingerprint density at radius 1 is 1.08 bits per heavy atom. The van der Waals surface area contributed by atoms with Crippen molar-refractivity contribution >= 4 is 16.8 Å². The Morgan fingerprint density at radius 2 is 1.79 bits per heavy atom.